The molecule has 0 N–H and O–H groups in total. The van der Waals surface area contributed by atoms with Crippen molar-refractivity contribution in [1.82, 2.24) is 0 Å². The van der Waals surface area contributed by atoms with E-state index >= 15 is 0 Å². The highest BCUT2D eigenvalue weighted by molar-refractivity contribution is 6.30. The quantitative estimate of drug-likeness (QED) is 0.815. The van der Waals surface area contributed by atoms with E-state index in [-0.39, 0.29) is 0 Å². The molecule has 1 unspecified atom stereocenters. The fraction of sp³-hybridized carbons (Fsp3) is 0.188. The van der Waals surface area contributed by atoms with E-state index in [1.165, 1.54) is 0 Å². The van der Waals surface area contributed by atoms with Crippen LogP contribution in [-0.2, 0) is 6.42 Å². The summed E-state index contributed by atoms with van der Waals surface area (Å²) >= 11 is 5.93. The molecule has 3 heteroatoms. The van der Waals surface area contributed by atoms with Crippen molar-refractivity contribution in [1.29, 1.82) is 5.26 Å². The summed E-state index contributed by atoms with van der Waals surface area (Å²) in [6, 6.07) is 19.3. The van der Waals surface area contributed by atoms with Crippen LogP contribution >= 0.6 is 11.6 Å². The number of rotatable bonds is 5. The summed E-state index contributed by atoms with van der Waals surface area (Å²) in [5.41, 5.74) is 1.12. The topological polar surface area (TPSA) is 33.0 Å². The molecule has 0 spiro atoms. The van der Waals surface area contributed by atoms with Crippen LogP contribution in [0.15, 0.2) is 54.6 Å². The normalized spacial score (nSPS) is 11.6. The largest absolute Gasteiger partial charge is 0.476 e. The summed E-state index contributed by atoms with van der Waals surface area (Å²) in [4.78, 5) is 0. The smallest absolute Gasteiger partial charge is 0.184 e. The van der Waals surface area contributed by atoms with Crippen molar-refractivity contribution < 1.29 is 4.74 Å². The number of hydrogen-bond donors (Lipinski definition) is 0. The van der Waals surface area contributed by atoms with Crippen LogP contribution in [0.2, 0.25) is 5.02 Å². The third-order valence-corrected chi connectivity index (χ3v) is 2.98. The zero-order chi connectivity index (χ0) is 13.5. The highest BCUT2D eigenvalue weighted by Crippen LogP contribution is 2.16. The number of para-hydroxylation sites is 1. The van der Waals surface area contributed by atoms with Crippen LogP contribution in [0.3, 0.4) is 0 Å². The Kier molecular flexibility index (Phi) is 4.83. The molecule has 2 nitrogen and oxygen atoms in total. The first kappa shape index (κ1) is 13.5. The van der Waals surface area contributed by atoms with Crippen molar-refractivity contribution in [3.8, 4) is 11.8 Å². The van der Waals surface area contributed by atoms with E-state index in [9.17, 15) is 0 Å². The maximum Gasteiger partial charge on any atom is 0.184 e. The number of nitriles is 1. The van der Waals surface area contributed by atoms with Gasteiger partial charge in [0.25, 0.3) is 0 Å². The Bertz CT molecular complexity index is 562. The predicted molar refractivity (Wildman–Crippen MR) is 76.2 cm³/mol. The van der Waals surface area contributed by atoms with E-state index in [0.29, 0.717) is 6.42 Å². The van der Waals surface area contributed by atoms with Gasteiger partial charge in [-0.15, -0.1) is 0 Å². The SMILES string of the molecule is N#CC(CCc1cccc(Cl)c1)Oc1ccccc1. The zero-order valence-corrected chi connectivity index (χ0v) is 11.2. The summed E-state index contributed by atoms with van der Waals surface area (Å²) in [5.74, 6) is 0.722. The Labute approximate surface area is 118 Å². The lowest BCUT2D eigenvalue weighted by Gasteiger charge is -2.12. The number of nitrogens with zero attached hydrogens (tertiary/aromatic N) is 1. The monoisotopic (exact) mass is 271 g/mol. The molecule has 0 aliphatic heterocycles. The first-order valence-electron chi connectivity index (χ1n) is 6.13. The summed E-state index contributed by atoms with van der Waals surface area (Å²) in [6.45, 7) is 0. The Balaban J connectivity index is 1.92. The van der Waals surface area contributed by atoms with E-state index in [0.717, 1.165) is 22.8 Å². The standard InChI is InChI=1S/C16H14ClNO/c17-14-6-4-5-13(11-14)9-10-16(12-18)19-15-7-2-1-3-8-15/h1-8,11,16H,9-10H2. The molecule has 2 aromatic rings. The van der Waals surface area contributed by atoms with Gasteiger partial charge in [0.2, 0.25) is 0 Å². The van der Waals surface area contributed by atoms with Crippen molar-refractivity contribution in [2.75, 3.05) is 0 Å². The molecule has 0 fully saturated rings. The van der Waals surface area contributed by atoms with Gasteiger partial charge in [-0.25, -0.2) is 0 Å². The first-order valence-corrected chi connectivity index (χ1v) is 6.51. The molecule has 0 radical (unpaired) electrons. The lowest BCUT2D eigenvalue weighted by atomic mass is 10.1. The van der Waals surface area contributed by atoms with E-state index in [1.807, 2.05) is 54.6 Å². The second-order valence-corrected chi connectivity index (χ2v) is 4.65. The minimum atomic E-state index is -0.443. The number of hydrogen-bond acceptors (Lipinski definition) is 2. The lowest BCUT2D eigenvalue weighted by molar-refractivity contribution is 0.245. The third-order valence-electron chi connectivity index (χ3n) is 2.75. The maximum atomic E-state index is 9.12. The minimum absolute atomic E-state index is 0.443. The number of benzene rings is 2. The molecule has 1 atom stereocenters. The highest BCUT2D eigenvalue weighted by atomic mass is 35.5. The van der Waals surface area contributed by atoms with Crippen LogP contribution in [0, 0.1) is 11.3 Å². The number of ether oxygens (including phenoxy) is 1. The van der Waals surface area contributed by atoms with Gasteiger partial charge >= 0.3 is 0 Å². The van der Waals surface area contributed by atoms with Crippen LogP contribution in [0.4, 0.5) is 0 Å². The molecule has 0 aromatic heterocycles. The van der Waals surface area contributed by atoms with Gasteiger partial charge in [0.1, 0.15) is 11.8 Å². The number of aryl methyl sites for hydroxylation is 1. The van der Waals surface area contributed by atoms with Gasteiger partial charge in [0.05, 0.1) is 0 Å². The second-order valence-electron chi connectivity index (χ2n) is 4.22. The minimum Gasteiger partial charge on any atom is -0.476 e. The number of halogens is 1. The summed E-state index contributed by atoms with van der Waals surface area (Å²) in [6.07, 6.45) is 0.971. The van der Waals surface area contributed by atoms with Crippen molar-refractivity contribution in [3.05, 3.63) is 65.2 Å². The van der Waals surface area contributed by atoms with Crippen LogP contribution in [-0.4, -0.2) is 6.10 Å². The summed E-state index contributed by atoms with van der Waals surface area (Å²) in [7, 11) is 0. The second kappa shape index (κ2) is 6.82. The molecule has 19 heavy (non-hydrogen) atoms. The molecule has 0 saturated carbocycles. The molecule has 0 heterocycles. The predicted octanol–water partition coefficient (Wildman–Crippen LogP) is 4.24. The zero-order valence-electron chi connectivity index (χ0n) is 10.4. The lowest BCUT2D eigenvalue weighted by Crippen LogP contribution is -2.14. The molecule has 0 saturated heterocycles. The van der Waals surface area contributed by atoms with Gasteiger partial charge in [-0.3, -0.25) is 0 Å². The van der Waals surface area contributed by atoms with Gasteiger partial charge < -0.3 is 4.74 Å². The Hall–Kier alpha value is -1.98. The van der Waals surface area contributed by atoms with Gasteiger partial charge in [-0.2, -0.15) is 5.26 Å². The van der Waals surface area contributed by atoms with Crippen molar-refractivity contribution in [3.63, 3.8) is 0 Å². The van der Waals surface area contributed by atoms with E-state index in [1.54, 1.807) is 0 Å². The van der Waals surface area contributed by atoms with Crippen LogP contribution < -0.4 is 4.74 Å². The first-order chi connectivity index (χ1) is 9.28. The van der Waals surface area contributed by atoms with Crippen LogP contribution in [0.25, 0.3) is 0 Å². The van der Waals surface area contributed by atoms with E-state index in [2.05, 4.69) is 6.07 Å². The van der Waals surface area contributed by atoms with Crippen LogP contribution in [0.5, 0.6) is 5.75 Å². The van der Waals surface area contributed by atoms with Gasteiger partial charge in [-0.1, -0.05) is 41.9 Å². The molecule has 0 aliphatic carbocycles. The fourth-order valence-electron chi connectivity index (χ4n) is 1.80. The molecule has 0 bridgehead atoms. The van der Waals surface area contributed by atoms with Crippen molar-refractivity contribution >= 4 is 11.6 Å². The molecule has 96 valence electrons. The van der Waals surface area contributed by atoms with E-state index < -0.39 is 6.10 Å². The van der Waals surface area contributed by atoms with E-state index in [4.69, 9.17) is 21.6 Å². The third kappa shape index (κ3) is 4.31. The van der Waals surface area contributed by atoms with Gasteiger partial charge in [0, 0.05) is 11.4 Å². The fourth-order valence-corrected chi connectivity index (χ4v) is 2.02. The van der Waals surface area contributed by atoms with Gasteiger partial charge in [-0.05, 0) is 36.2 Å². The Morgan fingerprint density at radius 3 is 2.58 bits per heavy atom. The molecular weight excluding hydrogens is 258 g/mol. The Morgan fingerprint density at radius 1 is 1.11 bits per heavy atom. The average Bonchev–Trinajstić information content (AvgIpc) is 2.44. The molecule has 0 aliphatic rings. The molecular formula is C16H14ClNO. The van der Waals surface area contributed by atoms with Gasteiger partial charge in [0.15, 0.2) is 6.10 Å². The Morgan fingerprint density at radius 2 is 1.89 bits per heavy atom. The molecule has 2 rings (SSSR count). The highest BCUT2D eigenvalue weighted by Gasteiger charge is 2.09. The van der Waals surface area contributed by atoms with Crippen LogP contribution in [0.1, 0.15) is 12.0 Å². The molecule has 0 amide bonds. The van der Waals surface area contributed by atoms with Crippen molar-refractivity contribution in [2.24, 2.45) is 0 Å². The summed E-state index contributed by atoms with van der Waals surface area (Å²) < 4.78 is 5.62. The average molecular weight is 272 g/mol. The molecule has 2 aromatic carbocycles. The van der Waals surface area contributed by atoms with Crippen molar-refractivity contribution in [2.45, 2.75) is 18.9 Å². The maximum absolute atomic E-state index is 9.12. The summed E-state index contributed by atoms with van der Waals surface area (Å²) in [5, 5.41) is 9.84.